The summed E-state index contributed by atoms with van der Waals surface area (Å²) in [5.74, 6) is -0.292. The van der Waals surface area contributed by atoms with Crippen LogP contribution in [0.15, 0.2) is 84.9 Å². The molecule has 32 heavy (non-hydrogen) atoms. The molecule has 4 heteroatoms. The first kappa shape index (κ1) is 22.3. The van der Waals surface area contributed by atoms with Crippen molar-refractivity contribution in [1.29, 1.82) is 0 Å². The molecule has 3 aromatic rings. The van der Waals surface area contributed by atoms with Crippen LogP contribution in [0, 0.1) is 0 Å². The predicted molar refractivity (Wildman–Crippen MR) is 127 cm³/mol. The molecule has 0 N–H and O–H groups in total. The summed E-state index contributed by atoms with van der Waals surface area (Å²) < 4.78 is 11.7. The van der Waals surface area contributed by atoms with E-state index in [1.165, 1.54) is 31.1 Å². The SMILES string of the molecule is COC(=O)c1cccc(CCN2CCCCC2OC(c2ccccc2)c2ccccc2)c1. The Bertz CT molecular complexity index is 950. The number of piperidine rings is 1. The second-order valence-corrected chi connectivity index (χ2v) is 8.27. The molecule has 0 aliphatic carbocycles. The van der Waals surface area contributed by atoms with Crippen LogP contribution in [0.5, 0.6) is 0 Å². The van der Waals surface area contributed by atoms with Crippen LogP contribution in [0.4, 0.5) is 0 Å². The molecule has 1 aliphatic heterocycles. The van der Waals surface area contributed by atoms with Crippen molar-refractivity contribution in [3.63, 3.8) is 0 Å². The van der Waals surface area contributed by atoms with Gasteiger partial charge in [0.15, 0.2) is 0 Å². The molecule has 3 aromatic carbocycles. The van der Waals surface area contributed by atoms with E-state index < -0.39 is 0 Å². The molecule has 1 saturated heterocycles. The third-order valence-electron chi connectivity index (χ3n) is 6.09. The standard InChI is InChI=1S/C28H31NO3/c1-31-28(30)25-16-10-11-22(21-25)18-20-29-19-9-8-17-26(29)32-27(23-12-4-2-5-13-23)24-14-6-3-7-15-24/h2-7,10-16,21,26-27H,8-9,17-20H2,1H3. The molecule has 4 rings (SSSR count). The van der Waals surface area contributed by atoms with Gasteiger partial charge in [-0.3, -0.25) is 4.90 Å². The maximum atomic E-state index is 11.9. The molecule has 0 aromatic heterocycles. The van der Waals surface area contributed by atoms with Crippen LogP contribution in [0.25, 0.3) is 0 Å². The first-order valence-corrected chi connectivity index (χ1v) is 11.4. The lowest BCUT2D eigenvalue weighted by atomic mass is 10.0. The largest absolute Gasteiger partial charge is 0.465 e. The lowest BCUT2D eigenvalue weighted by molar-refractivity contribution is -0.105. The Hall–Kier alpha value is -2.95. The Morgan fingerprint density at radius 2 is 1.62 bits per heavy atom. The smallest absolute Gasteiger partial charge is 0.337 e. The van der Waals surface area contributed by atoms with E-state index in [9.17, 15) is 4.79 Å². The molecule has 0 bridgehead atoms. The van der Waals surface area contributed by atoms with Crippen LogP contribution >= 0.6 is 0 Å². The Labute approximate surface area is 190 Å². The van der Waals surface area contributed by atoms with Gasteiger partial charge >= 0.3 is 5.97 Å². The number of esters is 1. The van der Waals surface area contributed by atoms with Gasteiger partial charge in [-0.15, -0.1) is 0 Å². The van der Waals surface area contributed by atoms with E-state index in [0.717, 1.165) is 31.5 Å². The fraction of sp³-hybridized carbons (Fsp3) is 0.321. The first-order valence-electron chi connectivity index (χ1n) is 11.4. The fourth-order valence-corrected chi connectivity index (χ4v) is 4.38. The zero-order valence-electron chi connectivity index (χ0n) is 18.7. The van der Waals surface area contributed by atoms with Crippen molar-refractivity contribution < 1.29 is 14.3 Å². The number of hydrogen-bond acceptors (Lipinski definition) is 4. The second-order valence-electron chi connectivity index (χ2n) is 8.27. The fourth-order valence-electron chi connectivity index (χ4n) is 4.38. The molecule has 0 saturated carbocycles. The van der Waals surface area contributed by atoms with Gasteiger partial charge in [0.05, 0.1) is 12.7 Å². The summed E-state index contributed by atoms with van der Waals surface area (Å²) in [6.45, 7) is 1.92. The van der Waals surface area contributed by atoms with E-state index in [-0.39, 0.29) is 18.3 Å². The minimum absolute atomic E-state index is 0.0675. The molecule has 1 atom stereocenters. The Morgan fingerprint density at radius 1 is 0.938 bits per heavy atom. The lowest BCUT2D eigenvalue weighted by Gasteiger charge is -2.38. The van der Waals surface area contributed by atoms with E-state index in [0.29, 0.717) is 5.56 Å². The first-order chi connectivity index (χ1) is 15.7. The highest BCUT2D eigenvalue weighted by molar-refractivity contribution is 5.89. The molecular formula is C28H31NO3. The van der Waals surface area contributed by atoms with Gasteiger partial charge in [-0.05, 0) is 54.5 Å². The van der Waals surface area contributed by atoms with Gasteiger partial charge in [0.1, 0.15) is 12.3 Å². The summed E-state index contributed by atoms with van der Waals surface area (Å²) in [6, 6.07) is 28.7. The van der Waals surface area contributed by atoms with E-state index >= 15 is 0 Å². The predicted octanol–water partition coefficient (Wildman–Crippen LogP) is 5.63. The van der Waals surface area contributed by atoms with Crippen LogP contribution in [0.1, 0.15) is 52.4 Å². The normalized spacial score (nSPS) is 16.8. The number of carbonyl (C=O) groups excluding carboxylic acids is 1. The van der Waals surface area contributed by atoms with E-state index in [1.807, 2.05) is 24.3 Å². The summed E-state index contributed by atoms with van der Waals surface area (Å²) in [6.07, 6.45) is 4.23. The number of hydrogen-bond donors (Lipinski definition) is 0. The quantitative estimate of drug-likeness (QED) is 0.435. The van der Waals surface area contributed by atoms with Crippen molar-refractivity contribution in [2.24, 2.45) is 0 Å². The topological polar surface area (TPSA) is 38.8 Å². The van der Waals surface area contributed by atoms with E-state index in [4.69, 9.17) is 9.47 Å². The molecule has 1 aliphatic rings. The van der Waals surface area contributed by atoms with Crippen LogP contribution in [0.3, 0.4) is 0 Å². The number of likely N-dealkylation sites (tertiary alicyclic amines) is 1. The minimum Gasteiger partial charge on any atom is -0.465 e. The van der Waals surface area contributed by atoms with Gasteiger partial charge in [-0.2, -0.15) is 0 Å². The maximum Gasteiger partial charge on any atom is 0.337 e. The molecule has 1 fully saturated rings. The highest BCUT2D eigenvalue weighted by Crippen LogP contribution is 2.31. The van der Waals surface area contributed by atoms with E-state index in [2.05, 4.69) is 59.5 Å². The van der Waals surface area contributed by atoms with Crippen LogP contribution in [-0.4, -0.2) is 37.3 Å². The summed E-state index contributed by atoms with van der Waals surface area (Å²) in [5.41, 5.74) is 4.09. The number of benzene rings is 3. The van der Waals surface area contributed by atoms with Gasteiger partial charge in [0.2, 0.25) is 0 Å². The van der Waals surface area contributed by atoms with Crippen LogP contribution < -0.4 is 0 Å². The number of nitrogens with zero attached hydrogens (tertiary/aromatic N) is 1. The maximum absolute atomic E-state index is 11.9. The average molecular weight is 430 g/mol. The van der Waals surface area contributed by atoms with Crippen molar-refractivity contribution in [1.82, 2.24) is 4.90 Å². The summed E-state index contributed by atoms with van der Waals surface area (Å²) in [5, 5.41) is 0. The highest BCUT2D eigenvalue weighted by atomic mass is 16.5. The van der Waals surface area contributed by atoms with Crippen molar-refractivity contribution >= 4 is 5.97 Å². The molecule has 0 amide bonds. The molecule has 1 unspecified atom stereocenters. The zero-order valence-corrected chi connectivity index (χ0v) is 18.7. The van der Waals surface area contributed by atoms with Gasteiger partial charge in [-0.1, -0.05) is 72.8 Å². The molecule has 4 nitrogen and oxygen atoms in total. The van der Waals surface area contributed by atoms with Gasteiger partial charge in [0, 0.05) is 13.1 Å². The Morgan fingerprint density at radius 3 is 2.28 bits per heavy atom. The van der Waals surface area contributed by atoms with Crippen molar-refractivity contribution in [2.45, 2.75) is 38.0 Å². The zero-order chi connectivity index (χ0) is 22.2. The van der Waals surface area contributed by atoms with E-state index in [1.54, 1.807) is 6.07 Å². The van der Waals surface area contributed by atoms with Crippen molar-refractivity contribution in [2.75, 3.05) is 20.2 Å². The third-order valence-corrected chi connectivity index (χ3v) is 6.09. The second kappa shape index (κ2) is 11.1. The Kier molecular flexibility index (Phi) is 7.70. The summed E-state index contributed by atoms with van der Waals surface area (Å²) in [4.78, 5) is 14.3. The molecule has 0 radical (unpaired) electrons. The van der Waals surface area contributed by atoms with Gasteiger partial charge < -0.3 is 9.47 Å². The highest BCUT2D eigenvalue weighted by Gasteiger charge is 2.27. The minimum atomic E-state index is -0.292. The number of ether oxygens (including phenoxy) is 2. The monoisotopic (exact) mass is 429 g/mol. The lowest BCUT2D eigenvalue weighted by Crippen LogP contribution is -2.43. The van der Waals surface area contributed by atoms with Crippen LogP contribution in [0.2, 0.25) is 0 Å². The van der Waals surface area contributed by atoms with Crippen LogP contribution in [-0.2, 0) is 15.9 Å². The molecule has 1 heterocycles. The molecule has 166 valence electrons. The molecule has 0 spiro atoms. The van der Waals surface area contributed by atoms with Crippen molar-refractivity contribution in [3.05, 3.63) is 107 Å². The van der Waals surface area contributed by atoms with Crippen molar-refractivity contribution in [3.8, 4) is 0 Å². The average Bonchev–Trinajstić information content (AvgIpc) is 2.87. The van der Waals surface area contributed by atoms with Gasteiger partial charge in [0.25, 0.3) is 0 Å². The number of carbonyl (C=O) groups is 1. The number of rotatable bonds is 8. The third kappa shape index (κ3) is 5.64. The Balaban J connectivity index is 1.48. The molecular weight excluding hydrogens is 398 g/mol. The number of methoxy groups -OCH3 is 1. The summed E-state index contributed by atoms with van der Waals surface area (Å²) >= 11 is 0. The summed E-state index contributed by atoms with van der Waals surface area (Å²) in [7, 11) is 1.42. The van der Waals surface area contributed by atoms with Gasteiger partial charge in [-0.25, -0.2) is 4.79 Å².